The summed E-state index contributed by atoms with van der Waals surface area (Å²) in [6.07, 6.45) is 9.36. The van der Waals surface area contributed by atoms with Gasteiger partial charge < -0.3 is 5.32 Å². The van der Waals surface area contributed by atoms with E-state index in [4.69, 9.17) is 0 Å². The third-order valence-corrected chi connectivity index (χ3v) is 4.76. The largest absolute Gasteiger partial charge is 0.356 e. The molecular weight excluding hydrogens is 318 g/mol. The van der Waals surface area contributed by atoms with E-state index < -0.39 is 0 Å². The van der Waals surface area contributed by atoms with Gasteiger partial charge in [0.05, 0.1) is 0 Å². The van der Waals surface area contributed by atoms with Gasteiger partial charge in [-0.25, -0.2) is 9.97 Å². The van der Waals surface area contributed by atoms with E-state index in [-0.39, 0.29) is 5.91 Å². The van der Waals surface area contributed by atoms with Gasteiger partial charge in [0.1, 0.15) is 0 Å². The van der Waals surface area contributed by atoms with Crippen LogP contribution in [0, 0.1) is 19.8 Å². The summed E-state index contributed by atoms with van der Waals surface area (Å²) in [5, 5.41) is 3.83. The fraction of sp³-hybridized carbons (Fsp3) is 0.737. The van der Waals surface area contributed by atoms with Crippen molar-refractivity contribution in [3.8, 4) is 0 Å². The summed E-state index contributed by atoms with van der Waals surface area (Å²) in [7, 11) is 0. The van der Waals surface area contributed by atoms with Crippen molar-refractivity contribution in [2.45, 2.75) is 77.8 Å². The molecule has 1 rings (SSSR count). The fourth-order valence-corrected chi connectivity index (χ4v) is 3.20. The summed E-state index contributed by atoms with van der Waals surface area (Å²) < 4.78 is 0. The van der Waals surface area contributed by atoms with Crippen molar-refractivity contribution in [3.63, 3.8) is 0 Å². The number of hydrogen-bond acceptors (Lipinski definition) is 4. The lowest BCUT2D eigenvalue weighted by molar-refractivity contribution is -0.121. The highest BCUT2D eigenvalue weighted by Crippen LogP contribution is 2.17. The second kappa shape index (κ2) is 11.5. The third-order valence-electron chi connectivity index (χ3n) is 4.22. The van der Waals surface area contributed by atoms with Crippen LogP contribution in [0.3, 0.4) is 0 Å². The van der Waals surface area contributed by atoms with E-state index in [1.165, 1.54) is 25.7 Å². The lowest BCUT2D eigenvalue weighted by Gasteiger charge is -2.10. The third kappa shape index (κ3) is 8.13. The van der Waals surface area contributed by atoms with E-state index in [0.717, 1.165) is 41.0 Å². The molecule has 136 valence electrons. The van der Waals surface area contributed by atoms with Gasteiger partial charge in [0.25, 0.3) is 0 Å². The summed E-state index contributed by atoms with van der Waals surface area (Å²) in [6, 6.07) is 0. The summed E-state index contributed by atoms with van der Waals surface area (Å²) in [5.74, 6) is 0.926. The topological polar surface area (TPSA) is 54.9 Å². The monoisotopic (exact) mass is 351 g/mol. The molecule has 24 heavy (non-hydrogen) atoms. The van der Waals surface area contributed by atoms with Crippen molar-refractivity contribution in [2.75, 3.05) is 12.8 Å². The van der Waals surface area contributed by atoms with Crippen LogP contribution in [-0.4, -0.2) is 28.7 Å². The summed E-state index contributed by atoms with van der Waals surface area (Å²) in [6.45, 7) is 9.32. The molecule has 0 aliphatic heterocycles. The van der Waals surface area contributed by atoms with Gasteiger partial charge >= 0.3 is 0 Å². The minimum absolute atomic E-state index is 0.130. The Balaban J connectivity index is 2.23. The van der Waals surface area contributed by atoms with Gasteiger partial charge in [-0.15, -0.1) is 0 Å². The Kier molecular flexibility index (Phi) is 9.99. The first kappa shape index (κ1) is 20.9. The molecule has 0 saturated carbocycles. The first-order valence-corrected chi connectivity index (χ1v) is 10.3. The number of nitrogens with zero attached hydrogens (tertiary/aromatic N) is 2. The smallest absolute Gasteiger partial charge is 0.220 e. The van der Waals surface area contributed by atoms with Gasteiger partial charge in [-0.05, 0) is 44.4 Å². The SMILES string of the molecule is CSc1nc(C)c(CCC(=O)NCCCCCCC(C)C)c(C)n1. The van der Waals surface area contributed by atoms with Crippen LogP contribution in [0.1, 0.15) is 69.3 Å². The molecule has 0 fully saturated rings. The van der Waals surface area contributed by atoms with Crippen LogP contribution in [-0.2, 0) is 11.2 Å². The average Bonchev–Trinajstić information content (AvgIpc) is 2.52. The number of nitrogens with one attached hydrogen (secondary N) is 1. The summed E-state index contributed by atoms with van der Waals surface area (Å²) >= 11 is 1.55. The number of amides is 1. The van der Waals surface area contributed by atoms with Crippen molar-refractivity contribution < 1.29 is 4.79 Å². The molecule has 0 aliphatic rings. The lowest BCUT2D eigenvalue weighted by atomic mass is 10.0. The Morgan fingerprint density at radius 2 is 1.71 bits per heavy atom. The molecule has 0 unspecified atom stereocenters. The zero-order valence-electron chi connectivity index (χ0n) is 15.9. The normalized spacial score (nSPS) is 11.1. The second-order valence-corrected chi connectivity index (χ2v) is 7.58. The number of rotatable bonds is 11. The van der Waals surface area contributed by atoms with Crippen LogP contribution in [0.15, 0.2) is 5.16 Å². The average molecular weight is 352 g/mol. The van der Waals surface area contributed by atoms with Crippen LogP contribution in [0.5, 0.6) is 0 Å². The summed E-state index contributed by atoms with van der Waals surface area (Å²) in [4.78, 5) is 20.9. The van der Waals surface area contributed by atoms with Crippen LogP contribution in [0.25, 0.3) is 0 Å². The molecule has 4 nitrogen and oxygen atoms in total. The van der Waals surface area contributed by atoms with Gasteiger partial charge in [0.15, 0.2) is 5.16 Å². The summed E-state index contributed by atoms with van der Waals surface area (Å²) in [5.41, 5.74) is 3.09. The molecule has 1 N–H and O–H groups in total. The molecule has 0 spiro atoms. The number of aromatic nitrogens is 2. The van der Waals surface area contributed by atoms with Gasteiger partial charge in [-0.3, -0.25) is 4.79 Å². The molecule has 5 heteroatoms. The first-order valence-electron chi connectivity index (χ1n) is 9.08. The van der Waals surface area contributed by atoms with Gasteiger partial charge in [-0.1, -0.05) is 51.3 Å². The fourth-order valence-electron chi connectivity index (χ4n) is 2.75. The standard InChI is InChI=1S/C19H33N3OS/c1-14(2)10-8-6-7-9-13-20-18(23)12-11-17-15(3)21-19(24-5)22-16(17)4/h14H,6-13H2,1-5H3,(H,20,23). The molecule has 0 saturated heterocycles. The highest BCUT2D eigenvalue weighted by Gasteiger charge is 2.10. The Morgan fingerprint density at radius 3 is 2.29 bits per heavy atom. The molecule has 0 aliphatic carbocycles. The molecule has 0 radical (unpaired) electrons. The van der Waals surface area contributed by atoms with E-state index in [1.54, 1.807) is 11.8 Å². The van der Waals surface area contributed by atoms with Crippen molar-refractivity contribution in [1.82, 2.24) is 15.3 Å². The van der Waals surface area contributed by atoms with Crippen molar-refractivity contribution in [2.24, 2.45) is 5.92 Å². The zero-order chi connectivity index (χ0) is 17.9. The number of carbonyl (C=O) groups excluding carboxylic acids is 1. The lowest BCUT2D eigenvalue weighted by Crippen LogP contribution is -2.24. The van der Waals surface area contributed by atoms with E-state index in [0.29, 0.717) is 12.8 Å². The Labute approximate surface area is 151 Å². The molecule has 1 amide bonds. The Bertz CT molecular complexity index is 494. The Morgan fingerprint density at radius 1 is 1.08 bits per heavy atom. The predicted octanol–water partition coefficient (Wildman–Crippen LogP) is 4.47. The zero-order valence-corrected chi connectivity index (χ0v) is 16.8. The molecule has 1 heterocycles. The van der Waals surface area contributed by atoms with E-state index >= 15 is 0 Å². The molecule has 0 aromatic carbocycles. The van der Waals surface area contributed by atoms with Crippen molar-refractivity contribution in [1.29, 1.82) is 0 Å². The maximum absolute atomic E-state index is 12.0. The number of hydrogen-bond donors (Lipinski definition) is 1. The number of carbonyl (C=O) groups is 1. The number of aryl methyl sites for hydroxylation is 2. The van der Waals surface area contributed by atoms with Gasteiger partial charge in [0, 0.05) is 24.4 Å². The number of unbranched alkanes of at least 4 members (excludes halogenated alkanes) is 3. The van der Waals surface area contributed by atoms with E-state index in [9.17, 15) is 4.79 Å². The molecule has 1 aromatic rings. The molecular formula is C19H33N3OS. The van der Waals surface area contributed by atoms with Crippen LogP contribution < -0.4 is 5.32 Å². The highest BCUT2D eigenvalue weighted by molar-refractivity contribution is 7.98. The van der Waals surface area contributed by atoms with Gasteiger partial charge in [-0.2, -0.15) is 0 Å². The quantitative estimate of drug-likeness (QED) is 0.363. The van der Waals surface area contributed by atoms with Crippen molar-refractivity contribution >= 4 is 17.7 Å². The van der Waals surface area contributed by atoms with E-state index in [1.807, 2.05) is 20.1 Å². The highest BCUT2D eigenvalue weighted by atomic mass is 32.2. The number of thioether (sulfide) groups is 1. The van der Waals surface area contributed by atoms with Crippen molar-refractivity contribution in [3.05, 3.63) is 17.0 Å². The van der Waals surface area contributed by atoms with Crippen LogP contribution in [0.2, 0.25) is 0 Å². The van der Waals surface area contributed by atoms with Crippen LogP contribution >= 0.6 is 11.8 Å². The maximum atomic E-state index is 12.0. The van der Waals surface area contributed by atoms with E-state index in [2.05, 4.69) is 29.1 Å². The molecule has 1 aromatic heterocycles. The van der Waals surface area contributed by atoms with Gasteiger partial charge in [0.2, 0.25) is 5.91 Å². The molecule has 0 atom stereocenters. The predicted molar refractivity (Wildman–Crippen MR) is 103 cm³/mol. The minimum atomic E-state index is 0.130. The first-order chi connectivity index (χ1) is 11.4. The maximum Gasteiger partial charge on any atom is 0.220 e. The van der Waals surface area contributed by atoms with Crippen LogP contribution in [0.4, 0.5) is 0 Å². The second-order valence-electron chi connectivity index (χ2n) is 6.81. The molecule has 0 bridgehead atoms. The Hall–Kier alpha value is -1.10. The minimum Gasteiger partial charge on any atom is -0.356 e.